The second-order valence-electron chi connectivity index (χ2n) is 4.89. The topological polar surface area (TPSA) is 73.0 Å². The molecule has 2 aromatic heterocycles. The van der Waals surface area contributed by atoms with Crippen LogP contribution in [0.4, 0.5) is 5.82 Å². The molecule has 0 aliphatic carbocycles. The molecule has 1 N–H and O–H groups in total. The molecule has 0 radical (unpaired) electrons. The number of hydrogen-bond acceptors (Lipinski definition) is 6. The van der Waals surface area contributed by atoms with Crippen molar-refractivity contribution < 1.29 is 5.11 Å². The predicted molar refractivity (Wildman–Crippen MR) is 74.1 cm³/mol. The molecule has 1 aliphatic rings. The Labute approximate surface area is 115 Å². The molecule has 0 atom stereocenters. The first-order chi connectivity index (χ1) is 9.21. The third kappa shape index (κ3) is 1.86. The van der Waals surface area contributed by atoms with Gasteiger partial charge in [-0.05, 0) is 12.5 Å². The van der Waals surface area contributed by atoms with E-state index in [-0.39, 0.29) is 6.61 Å². The third-order valence-corrected chi connectivity index (χ3v) is 4.72. The molecule has 98 valence electrons. The predicted octanol–water partition coefficient (Wildman–Crippen LogP) is 1.58. The molecule has 1 fully saturated rings. The first kappa shape index (κ1) is 12.3. The SMILES string of the molecule is CCc1cc2c(N3CC(C#N)(CO)C3)ncnc2s1. The van der Waals surface area contributed by atoms with Gasteiger partial charge in [-0.1, -0.05) is 6.92 Å². The number of hydrogen-bond donors (Lipinski definition) is 1. The molecule has 1 aliphatic heterocycles. The number of nitriles is 1. The summed E-state index contributed by atoms with van der Waals surface area (Å²) >= 11 is 1.68. The summed E-state index contributed by atoms with van der Waals surface area (Å²) in [5, 5.41) is 19.4. The fourth-order valence-corrected chi connectivity index (χ4v) is 3.29. The quantitative estimate of drug-likeness (QED) is 0.919. The van der Waals surface area contributed by atoms with E-state index in [0.717, 1.165) is 22.5 Å². The zero-order chi connectivity index (χ0) is 13.5. The van der Waals surface area contributed by atoms with Crippen LogP contribution in [0.5, 0.6) is 0 Å². The van der Waals surface area contributed by atoms with E-state index in [1.54, 1.807) is 17.7 Å². The molecule has 2 aromatic rings. The lowest BCUT2D eigenvalue weighted by molar-refractivity contribution is 0.144. The number of aromatic nitrogens is 2. The molecule has 0 bridgehead atoms. The monoisotopic (exact) mass is 274 g/mol. The molecule has 3 heterocycles. The second-order valence-corrected chi connectivity index (χ2v) is 6.00. The van der Waals surface area contributed by atoms with Gasteiger partial charge in [-0.2, -0.15) is 5.26 Å². The number of nitrogens with zero attached hydrogens (tertiary/aromatic N) is 4. The van der Waals surface area contributed by atoms with E-state index in [2.05, 4.69) is 29.0 Å². The normalized spacial score (nSPS) is 17.2. The second kappa shape index (κ2) is 4.44. The summed E-state index contributed by atoms with van der Waals surface area (Å²) in [4.78, 5) is 12.9. The lowest BCUT2D eigenvalue weighted by atomic mass is 9.82. The van der Waals surface area contributed by atoms with Gasteiger partial charge in [0.15, 0.2) is 0 Å². The molecule has 6 heteroatoms. The fraction of sp³-hybridized carbons (Fsp3) is 0.462. The molecule has 0 saturated carbocycles. The van der Waals surface area contributed by atoms with E-state index in [1.165, 1.54) is 4.88 Å². The summed E-state index contributed by atoms with van der Waals surface area (Å²) in [6.45, 7) is 3.08. The molecular weight excluding hydrogens is 260 g/mol. The fourth-order valence-electron chi connectivity index (χ4n) is 2.36. The van der Waals surface area contributed by atoms with Crippen molar-refractivity contribution in [2.45, 2.75) is 13.3 Å². The van der Waals surface area contributed by atoms with Gasteiger partial charge in [-0.3, -0.25) is 0 Å². The van der Waals surface area contributed by atoms with Crippen LogP contribution < -0.4 is 4.90 Å². The van der Waals surface area contributed by atoms with Crippen LogP contribution in [0.2, 0.25) is 0 Å². The van der Waals surface area contributed by atoms with Crippen LogP contribution in [0.15, 0.2) is 12.4 Å². The first-order valence-electron chi connectivity index (χ1n) is 6.22. The highest BCUT2D eigenvalue weighted by Crippen LogP contribution is 2.37. The molecule has 0 amide bonds. The Hall–Kier alpha value is -1.71. The highest BCUT2D eigenvalue weighted by Gasteiger charge is 2.44. The van der Waals surface area contributed by atoms with Crippen LogP contribution in [0.25, 0.3) is 10.2 Å². The largest absolute Gasteiger partial charge is 0.395 e. The molecule has 0 aromatic carbocycles. The minimum absolute atomic E-state index is 0.0991. The molecule has 5 nitrogen and oxygen atoms in total. The van der Waals surface area contributed by atoms with Crippen LogP contribution in [-0.2, 0) is 6.42 Å². The number of rotatable bonds is 3. The van der Waals surface area contributed by atoms with Crippen molar-refractivity contribution in [2.24, 2.45) is 5.41 Å². The van der Waals surface area contributed by atoms with Gasteiger partial charge < -0.3 is 10.0 Å². The van der Waals surface area contributed by atoms with Crippen LogP contribution in [0, 0.1) is 16.7 Å². The number of thiophene rings is 1. The van der Waals surface area contributed by atoms with Gasteiger partial charge in [0.1, 0.15) is 22.4 Å². The van der Waals surface area contributed by atoms with E-state index in [9.17, 15) is 5.11 Å². The molecule has 3 rings (SSSR count). The van der Waals surface area contributed by atoms with Gasteiger partial charge in [0.25, 0.3) is 0 Å². The van der Waals surface area contributed by atoms with Gasteiger partial charge in [0, 0.05) is 18.0 Å². The number of aliphatic hydroxyl groups excluding tert-OH is 1. The average molecular weight is 274 g/mol. The summed E-state index contributed by atoms with van der Waals surface area (Å²) < 4.78 is 0. The summed E-state index contributed by atoms with van der Waals surface area (Å²) in [5.74, 6) is 0.875. The van der Waals surface area contributed by atoms with E-state index < -0.39 is 5.41 Å². The Kier molecular flexibility index (Phi) is 2.88. The maximum atomic E-state index is 9.28. The minimum atomic E-state index is -0.624. The molecule has 0 spiro atoms. The van der Waals surface area contributed by atoms with Gasteiger partial charge in [0.05, 0.1) is 18.1 Å². The Morgan fingerprint density at radius 1 is 1.53 bits per heavy atom. The minimum Gasteiger partial charge on any atom is -0.395 e. The number of aryl methyl sites for hydroxylation is 1. The Bertz CT molecular complexity index is 654. The zero-order valence-corrected chi connectivity index (χ0v) is 11.4. The van der Waals surface area contributed by atoms with Gasteiger partial charge in [0.2, 0.25) is 0 Å². The van der Waals surface area contributed by atoms with Crippen molar-refractivity contribution in [3.8, 4) is 6.07 Å². The van der Waals surface area contributed by atoms with Gasteiger partial charge >= 0.3 is 0 Å². The van der Waals surface area contributed by atoms with Crippen LogP contribution >= 0.6 is 11.3 Å². The Balaban J connectivity index is 1.95. The maximum absolute atomic E-state index is 9.28. The molecular formula is C13H14N4OS. The lowest BCUT2D eigenvalue weighted by Gasteiger charge is -2.45. The van der Waals surface area contributed by atoms with Crippen molar-refractivity contribution in [2.75, 3.05) is 24.6 Å². The van der Waals surface area contributed by atoms with Gasteiger partial charge in [-0.15, -0.1) is 11.3 Å². The van der Waals surface area contributed by atoms with E-state index >= 15 is 0 Å². The standard InChI is InChI=1S/C13H14N4OS/c1-2-9-3-10-11(15-8-16-12(10)19-9)17-5-13(4-14,6-17)7-18/h3,8,18H,2,5-7H2,1H3. The number of aliphatic hydroxyl groups is 1. The number of fused-ring (bicyclic) bond motifs is 1. The summed E-state index contributed by atoms with van der Waals surface area (Å²) in [6.07, 6.45) is 2.55. The Morgan fingerprint density at radius 3 is 2.95 bits per heavy atom. The highest BCUT2D eigenvalue weighted by molar-refractivity contribution is 7.18. The molecule has 1 saturated heterocycles. The van der Waals surface area contributed by atoms with Crippen molar-refractivity contribution >= 4 is 27.4 Å². The first-order valence-corrected chi connectivity index (χ1v) is 7.03. The Morgan fingerprint density at radius 2 is 2.32 bits per heavy atom. The van der Waals surface area contributed by atoms with Crippen molar-refractivity contribution in [1.29, 1.82) is 5.26 Å². The molecule has 19 heavy (non-hydrogen) atoms. The zero-order valence-electron chi connectivity index (χ0n) is 10.6. The van der Waals surface area contributed by atoms with E-state index in [1.807, 2.05) is 4.90 Å². The smallest absolute Gasteiger partial charge is 0.140 e. The van der Waals surface area contributed by atoms with Gasteiger partial charge in [-0.25, -0.2) is 9.97 Å². The summed E-state index contributed by atoms with van der Waals surface area (Å²) in [6, 6.07) is 4.32. The van der Waals surface area contributed by atoms with Crippen LogP contribution in [0.3, 0.4) is 0 Å². The molecule has 0 unspecified atom stereocenters. The summed E-state index contributed by atoms with van der Waals surface area (Å²) in [5.41, 5.74) is -0.624. The van der Waals surface area contributed by atoms with Crippen LogP contribution in [0.1, 0.15) is 11.8 Å². The van der Waals surface area contributed by atoms with E-state index in [4.69, 9.17) is 5.26 Å². The number of anilines is 1. The maximum Gasteiger partial charge on any atom is 0.140 e. The van der Waals surface area contributed by atoms with Crippen molar-refractivity contribution in [3.05, 3.63) is 17.3 Å². The third-order valence-electron chi connectivity index (χ3n) is 3.53. The average Bonchev–Trinajstić information content (AvgIpc) is 2.82. The lowest BCUT2D eigenvalue weighted by Crippen LogP contribution is -2.58. The van der Waals surface area contributed by atoms with Crippen molar-refractivity contribution in [1.82, 2.24) is 9.97 Å². The van der Waals surface area contributed by atoms with Crippen molar-refractivity contribution in [3.63, 3.8) is 0 Å². The van der Waals surface area contributed by atoms with Crippen LogP contribution in [-0.4, -0.2) is 34.8 Å². The van der Waals surface area contributed by atoms with E-state index in [0.29, 0.717) is 13.1 Å². The summed E-state index contributed by atoms with van der Waals surface area (Å²) in [7, 11) is 0. The highest BCUT2D eigenvalue weighted by atomic mass is 32.1.